The van der Waals surface area contributed by atoms with Gasteiger partial charge >= 0.3 is 0 Å². The molecule has 2 amide bonds. The number of amides is 2. The molecule has 148 valence electrons. The second-order valence-corrected chi connectivity index (χ2v) is 7.95. The first-order valence-corrected chi connectivity index (χ1v) is 10.3. The number of likely N-dealkylation sites (N-methyl/N-ethyl adjacent to an activating group) is 1. The maximum atomic E-state index is 12.9. The van der Waals surface area contributed by atoms with Gasteiger partial charge in [0.15, 0.2) is 0 Å². The Hall–Kier alpha value is -1.88. The highest BCUT2D eigenvalue weighted by atomic mass is 16.5. The second kappa shape index (κ2) is 8.87. The molecule has 0 N–H and O–H groups in total. The summed E-state index contributed by atoms with van der Waals surface area (Å²) in [4.78, 5) is 29.2. The molecule has 1 aromatic carbocycles. The van der Waals surface area contributed by atoms with Crippen molar-refractivity contribution in [3.63, 3.8) is 0 Å². The molecule has 1 aromatic rings. The third-order valence-electron chi connectivity index (χ3n) is 6.11. The van der Waals surface area contributed by atoms with Gasteiger partial charge < -0.3 is 14.5 Å². The lowest BCUT2D eigenvalue weighted by Gasteiger charge is -2.49. The SMILES string of the molecule is CCCOCC(=O)N1CCC2(CC1)CC(c1ccccc1)C(=O)N(CC)C2. The van der Waals surface area contributed by atoms with Crippen LogP contribution in [0.25, 0.3) is 0 Å². The van der Waals surface area contributed by atoms with Crippen molar-refractivity contribution in [1.82, 2.24) is 9.80 Å². The number of carbonyl (C=O) groups excluding carboxylic acids is 2. The third-order valence-corrected chi connectivity index (χ3v) is 6.11. The lowest BCUT2D eigenvalue weighted by Crippen LogP contribution is -2.54. The summed E-state index contributed by atoms with van der Waals surface area (Å²) in [5.74, 6) is 0.285. The molecule has 27 heavy (non-hydrogen) atoms. The first-order valence-electron chi connectivity index (χ1n) is 10.3. The van der Waals surface area contributed by atoms with Crippen LogP contribution in [0.2, 0.25) is 0 Å². The van der Waals surface area contributed by atoms with Crippen molar-refractivity contribution in [3.8, 4) is 0 Å². The van der Waals surface area contributed by atoms with Crippen LogP contribution in [0, 0.1) is 5.41 Å². The molecular weight excluding hydrogens is 340 g/mol. The predicted octanol–water partition coefficient (Wildman–Crippen LogP) is 3.06. The van der Waals surface area contributed by atoms with Gasteiger partial charge in [0.25, 0.3) is 0 Å². The standard InChI is InChI=1S/C22H32N2O3/c1-3-14-27-16-20(25)24-12-10-22(11-13-24)15-19(18-8-6-5-7-9-18)21(26)23(4-2)17-22/h5-9,19H,3-4,10-17H2,1-2H3. The first-order chi connectivity index (χ1) is 13.1. The lowest BCUT2D eigenvalue weighted by atomic mass is 9.67. The van der Waals surface area contributed by atoms with Crippen molar-refractivity contribution < 1.29 is 14.3 Å². The largest absolute Gasteiger partial charge is 0.372 e. The van der Waals surface area contributed by atoms with E-state index in [0.717, 1.165) is 57.4 Å². The van der Waals surface area contributed by atoms with Crippen molar-refractivity contribution in [2.24, 2.45) is 5.41 Å². The van der Waals surface area contributed by atoms with Crippen LogP contribution in [0.4, 0.5) is 0 Å². The number of ether oxygens (including phenoxy) is 1. The quantitative estimate of drug-likeness (QED) is 0.721. The molecular formula is C22H32N2O3. The van der Waals surface area contributed by atoms with E-state index in [4.69, 9.17) is 4.74 Å². The zero-order valence-corrected chi connectivity index (χ0v) is 16.7. The molecule has 5 heteroatoms. The molecule has 1 spiro atoms. The van der Waals surface area contributed by atoms with Gasteiger partial charge in [0.1, 0.15) is 6.61 Å². The Balaban J connectivity index is 1.67. The summed E-state index contributed by atoms with van der Waals surface area (Å²) in [6, 6.07) is 10.2. The van der Waals surface area contributed by atoms with Crippen molar-refractivity contribution >= 4 is 11.8 Å². The van der Waals surface area contributed by atoms with E-state index in [1.807, 2.05) is 34.9 Å². The number of piperidine rings is 2. The van der Waals surface area contributed by atoms with Gasteiger partial charge in [0.05, 0.1) is 5.92 Å². The van der Waals surface area contributed by atoms with E-state index in [0.29, 0.717) is 6.61 Å². The van der Waals surface area contributed by atoms with Crippen LogP contribution in [0.5, 0.6) is 0 Å². The number of rotatable bonds is 6. The molecule has 1 unspecified atom stereocenters. The average Bonchev–Trinajstić information content (AvgIpc) is 2.71. The second-order valence-electron chi connectivity index (χ2n) is 7.95. The minimum absolute atomic E-state index is 0.0601. The highest BCUT2D eigenvalue weighted by Gasteiger charge is 2.46. The Morgan fingerprint density at radius 2 is 1.89 bits per heavy atom. The average molecular weight is 373 g/mol. The van der Waals surface area contributed by atoms with Crippen LogP contribution < -0.4 is 0 Å². The molecule has 0 saturated carbocycles. The molecule has 0 radical (unpaired) electrons. The zero-order valence-electron chi connectivity index (χ0n) is 16.7. The minimum atomic E-state index is -0.0601. The maximum absolute atomic E-state index is 12.9. The van der Waals surface area contributed by atoms with E-state index in [-0.39, 0.29) is 29.8 Å². The Morgan fingerprint density at radius 3 is 2.52 bits per heavy atom. The maximum Gasteiger partial charge on any atom is 0.248 e. The molecule has 2 saturated heterocycles. The summed E-state index contributed by atoms with van der Waals surface area (Å²) in [7, 11) is 0. The Labute approximate surface area is 162 Å². The van der Waals surface area contributed by atoms with Crippen molar-refractivity contribution in [2.45, 2.75) is 45.4 Å². The molecule has 0 aromatic heterocycles. The van der Waals surface area contributed by atoms with E-state index in [9.17, 15) is 9.59 Å². The molecule has 2 heterocycles. The zero-order chi connectivity index (χ0) is 19.3. The van der Waals surface area contributed by atoms with E-state index in [1.54, 1.807) is 0 Å². The summed E-state index contributed by atoms with van der Waals surface area (Å²) in [5, 5.41) is 0. The number of hydrogen-bond acceptors (Lipinski definition) is 3. The Morgan fingerprint density at radius 1 is 1.19 bits per heavy atom. The third kappa shape index (κ3) is 4.52. The lowest BCUT2D eigenvalue weighted by molar-refractivity contribution is -0.146. The van der Waals surface area contributed by atoms with Gasteiger partial charge in [-0.25, -0.2) is 0 Å². The van der Waals surface area contributed by atoms with E-state index in [2.05, 4.69) is 19.1 Å². The highest BCUT2D eigenvalue weighted by molar-refractivity contribution is 5.85. The fourth-order valence-corrected chi connectivity index (χ4v) is 4.49. The molecule has 3 rings (SSSR count). The first kappa shape index (κ1) is 19.9. The predicted molar refractivity (Wildman–Crippen MR) is 105 cm³/mol. The minimum Gasteiger partial charge on any atom is -0.372 e. The molecule has 2 aliphatic heterocycles. The van der Waals surface area contributed by atoms with E-state index in [1.165, 1.54) is 0 Å². The van der Waals surface area contributed by atoms with Crippen molar-refractivity contribution in [3.05, 3.63) is 35.9 Å². The summed E-state index contributed by atoms with van der Waals surface area (Å²) < 4.78 is 5.41. The normalized spacial score (nSPS) is 22.3. The van der Waals surface area contributed by atoms with Crippen LogP contribution in [-0.4, -0.2) is 61.0 Å². The van der Waals surface area contributed by atoms with Crippen LogP contribution in [0.15, 0.2) is 30.3 Å². The number of nitrogens with zero attached hydrogens (tertiary/aromatic N) is 2. The molecule has 0 bridgehead atoms. The van der Waals surface area contributed by atoms with Crippen molar-refractivity contribution in [1.29, 1.82) is 0 Å². The smallest absolute Gasteiger partial charge is 0.248 e. The fourth-order valence-electron chi connectivity index (χ4n) is 4.49. The summed E-state index contributed by atoms with van der Waals surface area (Å²) in [5.41, 5.74) is 1.23. The number of carbonyl (C=O) groups is 2. The highest BCUT2D eigenvalue weighted by Crippen LogP contribution is 2.45. The van der Waals surface area contributed by atoms with Crippen LogP contribution in [0.1, 0.15) is 51.0 Å². The van der Waals surface area contributed by atoms with Gasteiger partial charge in [0, 0.05) is 32.8 Å². The monoisotopic (exact) mass is 372 g/mol. The van der Waals surface area contributed by atoms with E-state index >= 15 is 0 Å². The Kier molecular flexibility index (Phi) is 6.53. The van der Waals surface area contributed by atoms with Crippen LogP contribution in [-0.2, 0) is 14.3 Å². The van der Waals surface area contributed by atoms with Gasteiger partial charge in [-0.05, 0) is 43.6 Å². The summed E-state index contributed by atoms with van der Waals surface area (Å²) in [6.07, 6.45) is 3.73. The number of likely N-dealkylation sites (tertiary alicyclic amines) is 2. The summed E-state index contributed by atoms with van der Waals surface area (Å²) in [6.45, 7) is 8.02. The topological polar surface area (TPSA) is 49.9 Å². The van der Waals surface area contributed by atoms with Crippen LogP contribution >= 0.6 is 0 Å². The molecule has 0 aliphatic carbocycles. The summed E-state index contributed by atoms with van der Waals surface area (Å²) >= 11 is 0. The van der Waals surface area contributed by atoms with Gasteiger partial charge in [0.2, 0.25) is 11.8 Å². The Bertz CT molecular complexity index is 638. The van der Waals surface area contributed by atoms with Crippen molar-refractivity contribution in [2.75, 3.05) is 39.4 Å². The van der Waals surface area contributed by atoms with Gasteiger partial charge in [-0.3, -0.25) is 9.59 Å². The molecule has 2 fully saturated rings. The number of benzene rings is 1. The number of hydrogen-bond donors (Lipinski definition) is 0. The molecule has 1 atom stereocenters. The molecule has 5 nitrogen and oxygen atoms in total. The van der Waals surface area contributed by atoms with Gasteiger partial charge in [-0.15, -0.1) is 0 Å². The van der Waals surface area contributed by atoms with E-state index < -0.39 is 0 Å². The van der Waals surface area contributed by atoms with Crippen LogP contribution in [0.3, 0.4) is 0 Å². The van der Waals surface area contributed by atoms with Gasteiger partial charge in [-0.1, -0.05) is 37.3 Å². The fraction of sp³-hybridized carbons (Fsp3) is 0.636. The molecule has 2 aliphatic rings. The van der Waals surface area contributed by atoms with Gasteiger partial charge in [-0.2, -0.15) is 0 Å².